The van der Waals surface area contributed by atoms with E-state index in [2.05, 4.69) is 10.2 Å². The van der Waals surface area contributed by atoms with Gasteiger partial charge in [-0.2, -0.15) is 0 Å². The third-order valence-electron chi connectivity index (χ3n) is 3.73. The number of thiophene rings is 1. The largest absolute Gasteiger partial charge is 0.493 e. The standard InChI is InChI=1S/C18H18N2O6S/c1-10(16-19-20-17(26-16)13-6-5-9-27-13)25-18(21)11-7-8-12(22-2)15(24-4)14(11)23-3/h5-10H,1-4H3/t10-/m1/s1. The summed E-state index contributed by atoms with van der Waals surface area (Å²) >= 11 is 1.48. The van der Waals surface area contributed by atoms with Gasteiger partial charge in [0.05, 0.1) is 26.2 Å². The molecule has 0 aliphatic heterocycles. The molecule has 2 heterocycles. The second kappa shape index (κ2) is 8.09. The molecular formula is C18H18N2O6S. The van der Waals surface area contributed by atoms with Crippen molar-refractivity contribution in [2.24, 2.45) is 0 Å². The molecule has 9 heteroatoms. The summed E-state index contributed by atoms with van der Waals surface area (Å²) < 4.78 is 26.9. The van der Waals surface area contributed by atoms with Gasteiger partial charge in [-0.05, 0) is 30.5 Å². The van der Waals surface area contributed by atoms with Crippen molar-refractivity contribution in [2.45, 2.75) is 13.0 Å². The number of hydrogen-bond acceptors (Lipinski definition) is 9. The number of esters is 1. The van der Waals surface area contributed by atoms with E-state index in [4.69, 9.17) is 23.4 Å². The molecule has 1 aromatic carbocycles. The van der Waals surface area contributed by atoms with Gasteiger partial charge in [0, 0.05) is 0 Å². The van der Waals surface area contributed by atoms with Gasteiger partial charge < -0.3 is 23.4 Å². The fourth-order valence-corrected chi connectivity index (χ4v) is 3.08. The average Bonchev–Trinajstić information content (AvgIpc) is 3.37. The highest BCUT2D eigenvalue weighted by Gasteiger charge is 2.25. The van der Waals surface area contributed by atoms with Crippen molar-refractivity contribution in [1.82, 2.24) is 10.2 Å². The maximum absolute atomic E-state index is 12.6. The predicted octanol–water partition coefficient (Wildman–Crippen LogP) is 3.74. The first-order valence-corrected chi connectivity index (χ1v) is 8.84. The lowest BCUT2D eigenvalue weighted by molar-refractivity contribution is 0.0276. The maximum Gasteiger partial charge on any atom is 0.342 e. The molecule has 0 fully saturated rings. The van der Waals surface area contributed by atoms with E-state index in [0.717, 1.165) is 4.88 Å². The number of aromatic nitrogens is 2. The fraction of sp³-hybridized carbons (Fsp3) is 0.278. The first kappa shape index (κ1) is 18.7. The van der Waals surface area contributed by atoms with Crippen molar-refractivity contribution in [1.29, 1.82) is 0 Å². The van der Waals surface area contributed by atoms with Crippen molar-refractivity contribution in [3.63, 3.8) is 0 Å². The summed E-state index contributed by atoms with van der Waals surface area (Å²) in [4.78, 5) is 13.5. The molecule has 2 aromatic heterocycles. The molecule has 1 atom stereocenters. The summed E-state index contributed by atoms with van der Waals surface area (Å²) in [6.07, 6.45) is -0.739. The summed E-state index contributed by atoms with van der Waals surface area (Å²) in [5, 5.41) is 9.85. The lowest BCUT2D eigenvalue weighted by Gasteiger charge is -2.16. The van der Waals surface area contributed by atoms with E-state index in [1.54, 1.807) is 19.1 Å². The molecule has 0 N–H and O–H groups in total. The smallest absolute Gasteiger partial charge is 0.342 e. The Morgan fingerprint density at radius 3 is 2.48 bits per heavy atom. The van der Waals surface area contributed by atoms with Gasteiger partial charge in [-0.3, -0.25) is 0 Å². The van der Waals surface area contributed by atoms with Gasteiger partial charge in [0.15, 0.2) is 17.6 Å². The SMILES string of the molecule is COc1ccc(C(=O)O[C@H](C)c2nnc(-c3cccs3)o2)c(OC)c1OC. The van der Waals surface area contributed by atoms with Gasteiger partial charge in [-0.25, -0.2) is 4.79 Å². The molecule has 0 aliphatic carbocycles. The van der Waals surface area contributed by atoms with Crippen LogP contribution in [0.3, 0.4) is 0 Å². The van der Waals surface area contributed by atoms with Crippen molar-refractivity contribution in [2.75, 3.05) is 21.3 Å². The van der Waals surface area contributed by atoms with E-state index >= 15 is 0 Å². The topological polar surface area (TPSA) is 92.9 Å². The fourth-order valence-electron chi connectivity index (χ4n) is 2.44. The normalized spacial score (nSPS) is 11.7. The molecule has 0 bridgehead atoms. The van der Waals surface area contributed by atoms with Crippen LogP contribution in [-0.2, 0) is 4.74 Å². The Morgan fingerprint density at radius 2 is 1.85 bits per heavy atom. The molecule has 0 unspecified atom stereocenters. The van der Waals surface area contributed by atoms with Crippen molar-refractivity contribution in [3.8, 4) is 28.0 Å². The number of rotatable bonds is 7. The second-order valence-electron chi connectivity index (χ2n) is 5.35. The third kappa shape index (κ3) is 3.72. The Labute approximate surface area is 159 Å². The van der Waals surface area contributed by atoms with E-state index in [-0.39, 0.29) is 17.2 Å². The molecule has 3 aromatic rings. The van der Waals surface area contributed by atoms with E-state index in [9.17, 15) is 4.79 Å². The van der Waals surface area contributed by atoms with Crippen LogP contribution in [0.2, 0.25) is 0 Å². The lowest BCUT2D eigenvalue weighted by atomic mass is 10.1. The van der Waals surface area contributed by atoms with Crippen LogP contribution in [-0.4, -0.2) is 37.5 Å². The summed E-state index contributed by atoms with van der Waals surface area (Å²) in [5.74, 6) is 0.934. The number of benzene rings is 1. The zero-order valence-electron chi connectivity index (χ0n) is 15.2. The Bertz CT molecular complexity index is 922. The number of carbonyl (C=O) groups is 1. The van der Waals surface area contributed by atoms with Crippen molar-refractivity contribution < 1.29 is 28.2 Å². The van der Waals surface area contributed by atoms with Gasteiger partial charge >= 0.3 is 5.97 Å². The molecule has 142 valence electrons. The molecule has 27 heavy (non-hydrogen) atoms. The van der Waals surface area contributed by atoms with Gasteiger partial charge in [-0.1, -0.05) is 6.07 Å². The van der Waals surface area contributed by atoms with E-state index in [1.165, 1.54) is 32.7 Å². The van der Waals surface area contributed by atoms with Gasteiger partial charge in [0.25, 0.3) is 11.8 Å². The number of carbonyl (C=O) groups excluding carboxylic acids is 1. The molecule has 0 spiro atoms. The molecule has 0 amide bonds. The second-order valence-corrected chi connectivity index (χ2v) is 6.30. The van der Waals surface area contributed by atoms with E-state index in [0.29, 0.717) is 17.4 Å². The van der Waals surface area contributed by atoms with Crippen LogP contribution in [0.25, 0.3) is 10.8 Å². The van der Waals surface area contributed by atoms with Crippen molar-refractivity contribution in [3.05, 3.63) is 41.1 Å². The molecule has 8 nitrogen and oxygen atoms in total. The summed E-state index contributed by atoms with van der Waals surface area (Å²) in [5.41, 5.74) is 0.194. The number of ether oxygens (including phenoxy) is 4. The maximum atomic E-state index is 12.6. The Hall–Kier alpha value is -3.07. The minimum absolute atomic E-state index is 0.194. The summed E-state index contributed by atoms with van der Waals surface area (Å²) in [6, 6.07) is 6.90. The number of nitrogens with zero attached hydrogens (tertiary/aromatic N) is 2. The highest BCUT2D eigenvalue weighted by atomic mass is 32.1. The Kier molecular flexibility index (Phi) is 5.60. The highest BCUT2D eigenvalue weighted by molar-refractivity contribution is 7.13. The first-order chi connectivity index (χ1) is 13.1. The monoisotopic (exact) mass is 390 g/mol. The van der Waals surface area contributed by atoms with Crippen LogP contribution in [0.4, 0.5) is 0 Å². The summed E-state index contributed by atoms with van der Waals surface area (Å²) in [7, 11) is 4.39. The van der Waals surface area contributed by atoms with Gasteiger partial charge in [0.1, 0.15) is 5.56 Å². The van der Waals surface area contributed by atoms with Crippen LogP contribution in [0, 0.1) is 0 Å². The minimum atomic E-state index is -0.739. The molecular weight excluding hydrogens is 372 g/mol. The minimum Gasteiger partial charge on any atom is -0.493 e. The van der Waals surface area contributed by atoms with Gasteiger partial charge in [-0.15, -0.1) is 21.5 Å². The Morgan fingerprint density at radius 1 is 1.07 bits per heavy atom. The van der Waals surface area contributed by atoms with Crippen molar-refractivity contribution >= 4 is 17.3 Å². The highest BCUT2D eigenvalue weighted by Crippen LogP contribution is 2.40. The molecule has 0 radical (unpaired) electrons. The van der Waals surface area contributed by atoms with Crippen LogP contribution in [0.1, 0.15) is 29.3 Å². The van der Waals surface area contributed by atoms with Gasteiger partial charge in [0.2, 0.25) is 5.75 Å². The number of methoxy groups -OCH3 is 3. The molecule has 3 rings (SSSR count). The van der Waals surface area contributed by atoms with Crippen LogP contribution < -0.4 is 14.2 Å². The number of hydrogen-bond donors (Lipinski definition) is 0. The average molecular weight is 390 g/mol. The summed E-state index contributed by atoms with van der Waals surface area (Å²) in [6.45, 7) is 1.65. The Balaban J connectivity index is 1.81. The van der Waals surface area contributed by atoms with Crippen LogP contribution >= 0.6 is 11.3 Å². The molecule has 0 saturated carbocycles. The molecule has 0 aliphatic rings. The third-order valence-corrected chi connectivity index (χ3v) is 4.59. The van der Waals surface area contributed by atoms with E-state index in [1.807, 2.05) is 17.5 Å². The zero-order valence-corrected chi connectivity index (χ0v) is 16.0. The van der Waals surface area contributed by atoms with E-state index < -0.39 is 12.1 Å². The lowest BCUT2D eigenvalue weighted by Crippen LogP contribution is -2.11. The predicted molar refractivity (Wildman–Crippen MR) is 97.5 cm³/mol. The van der Waals surface area contributed by atoms with Crippen LogP contribution in [0.5, 0.6) is 17.2 Å². The first-order valence-electron chi connectivity index (χ1n) is 7.96. The van der Waals surface area contributed by atoms with Crippen LogP contribution in [0.15, 0.2) is 34.1 Å². The quantitative estimate of drug-likeness (QED) is 0.563. The molecule has 0 saturated heterocycles. The zero-order chi connectivity index (χ0) is 19.4.